The molecule has 2 rings (SSSR count). The first-order valence-electron chi connectivity index (χ1n) is 4.76. The molecule has 2 N–H and O–H groups in total. The molecule has 16 heavy (non-hydrogen) atoms. The third kappa shape index (κ3) is 1.83. The average Bonchev–Trinajstić information content (AvgIpc) is 2.74. The third-order valence-corrected chi connectivity index (χ3v) is 3.04. The van der Waals surface area contributed by atoms with E-state index in [4.69, 9.17) is 4.84 Å². The Morgan fingerprint density at radius 2 is 2.12 bits per heavy atom. The minimum Gasteiger partial charge on any atom is -0.395 e. The Hall–Kier alpha value is -0.980. The summed E-state index contributed by atoms with van der Waals surface area (Å²) in [6, 6.07) is 3.58. The summed E-state index contributed by atoms with van der Waals surface area (Å²) in [5.74, 6) is 0. The van der Waals surface area contributed by atoms with Gasteiger partial charge < -0.3 is 15.1 Å². The standard InChI is InChI=1S/C10H11BrN2O3/c11-7-1-2-8(12-3-7)9-10(4-14,5-15)6-16-13-9/h1-3,14-15H,4-6H2. The average molecular weight is 287 g/mol. The number of aromatic nitrogens is 1. The molecule has 1 aliphatic rings. The SMILES string of the molecule is OCC1(CO)CON=C1c1ccc(Br)cn1. The van der Waals surface area contributed by atoms with Crippen LogP contribution in [0.25, 0.3) is 0 Å². The van der Waals surface area contributed by atoms with E-state index in [9.17, 15) is 10.2 Å². The number of hydrogen-bond acceptors (Lipinski definition) is 5. The van der Waals surface area contributed by atoms with Crippen LogP contribution in [0.15, 0.2) is 28.0 Å². The molecule has 0 saturated heterocycles. The lowest BCUT2D eigenvalue weighted by Gasteiger charge is -2.22. The van der Waals surface area contributed by atoms with E-state index in [1.165, 1.54) is 0 Å². The van der Waals surface area contributed by atoms with Crippen LogP contribution in [0.5, 0.6) is 0 Å². The van der Waals surface area contributed by atoms with Crippen molar-refractivity contribution in [3.63, 3.8) is 0 Å². The summed E-state index contributed by atoms with van der Waals surface area (Å²) >= 11 is 3.28. The Balaban J connectivity index is 2.36. The molecule has 86 valence electrons. The van der Waals surface area contributed by atoms with E-state index in [2.05, 4.69) is 26.1 Å². The van der Waals surface area contributed by atoms with Gasteiger partial charge in [-0.05, 0) is 28.1 Å². The van der Waals surface area contributed by atoms with E-state index in [0.717, 1.165) is 4.47 Å². The van der Waals surface area contributed by atoms with Crippen LogP contribution in [0, 0.1) is 5.41 Å². The highest BCUT2D eigenvalue weighted by atomic mass is 79.9. The van der Waals surface area contributed by atoms with Gasteiger partial charge in [-0.3, -0.25) is 4.98 Å². The minimum absolute atomic E-state index is 0.174. The maximum Gasteiger partial charge on any atom is 0.133 e. The lowest BCUT2D eigenvalue weighted by Crippen LogP contribution is -2.39. The second-order valence-electron chi connectivity index (χ2n) is 3.67. The molecule has 6 heteroatoms. The first-order chi connectivity index (χ1) is 7.72. The lowest BCUT2D eigenvalue weighted by molar-refractivity contribution is 0.0448. The highest BCUT2D eigenvalue weighted by Gasteiger charge is 2.42. The van der Waals surface area contributed by atoms with Gasteiger partial charge in [0, 0.05) is 10.7 Å². The van der Waals surface area contributed by atoms with Crippen molar-refractivity contribution in [2.45, 2.75) is 0 Å². The van der Waals surface area contributed by atoms with Crippen LogP contribution in [0.2, 0.25) is 0 Å². The highest BCUT2D eigenvalue weighted by molar-refractivity contribution is 9.10. The van der Waals surface area contributed by atoms with Crippen molar-refractivity contribution in [1.29, 1.82) is 0 Å². The van der Waals surface area contributed by atoms with E-state index in [-0.39, 0.29) is 19.8 Å². The van der Waals surface area contributed by atoms with Crippen LogP contribution < -0.4 is 0 Å². The maximum absolute atomic E-state index is 9.34. The first-order valence-corrected chi connectivity index (χ1v) is 5.55. The van der Waals surface area contributed by atoms with Crippen molar-refractivity contribution in [3.05, 3.63) is 28.5 Å². The van der Waals surface area contributed by atoms with Crippen molar-refractivity contribution in [3.8, 4) is 0 Å². The predicted octanol–water partition coefficient (Wildman–Crippen LogP) is 0.549. The van der Waals surface area contributed by atoms with Crippen LogP contribution >= 0.6 is 15.9 Å². The summed E-state index contributed by atoms with van der Waals surface area (Å²) < 4.78 is 0.856. The molecule has 2 heterocycles. The van der Waals surface area contributed by atoms with E-state index < -0.39 is 5.41 Å². The lowest BCUT2D eigenvalue weighted by atomic mass is 9.84. The molecule has 0 spiro atoms. The Bertz CT molecular complexity index is 401. The van der Waals surface area contributed by atoms with Crippen LogP contribution in [-0.2, 0) is 4.84 Å². The Labute approximate surface area is 101 Å². The molecule has 1 aromatic heterocycles. The van der Waals surface area contributed by atoms with Crippen molar-refractivity contribution in [2.24, 2.45) is 10.6 Å². The molecule has 0 atom stereocenters. The van der Waals surface area contributed by atoms with Crippen LogP contribution in [0.4, 0.5) is 0 Å². The summed E-state index contributed by atoms with van der Waals surface area (Å²) in [6.07, 6.45) is 1.63. The van der Waals surface area contributed by atoms with Gasteiger partial charge in [0.05, 0.1) is 18.9 Å². The minimum atomic E-state index is -0.846. The Morgan fingerprint density at radius 3 is 2.69 bits per heavy atom. The van der Waals surface area contributed by atoms with Gasteiger partial charge in [-0.25, -0.2) is 0 Å². The van der Waals surface area contributed by atoms with Gasteiger partial charge in [0.25, 0.3) is 0 Å². The van der Waals surface area contributed by atoms with Crippen LogP contribution in [-0.4, -0.2) is 40.7 Å². The number of halogens is 1. The molecule has 0 radical (unpaired) electrons. The van der Waals surface area contributed by atoms with Crippen molar-refractivity contribution < 1.29 is 15.1 Å². The second kappa shape index (κ2) is 4.48. The molecular formula is C10H11BrN2O3. The quantitative estimate of drug-likeness (QED) is 0.851. The zero-order valence-electron chi connectivity index (χ0n) is 8.43. The zero-order valence-corrected chi connectivity index (χ0v) is 10.0. The Morgan fingerprint density at radius 1 is 1.38 bits per heavy atom. The fraction of sp³-hybridized carbons (Fsp3) is 0.400. The molecule has 0 fully saturated rings. The normalized spacial score (nSPS) is 18.1. The number of pyridine rings is 1. The summed E-state index contributed by atoms with van der Waals surface area (Å²) in [4.78, 5) is 9.13. The van der Waals surface area contributed by atoms with E-state index in [0.29, 0.717) is 11.4 Å². The van der Waals surface area contributed by atoms with E-state index >= 15 is 0 Å². The monoisotopic (exact) mass is 286 g/mol. The van der Waals surface area contributed by atoms with Gasteiger partial charge in [-0.2, -0.15) is 0 Å². The smallest absolute Gasteiger partial charge is 0.133 e. The summed E-state index contributed by atoms with van der Waals surface area (Å²) in [7, 11) is 0. The number of oxime groups is 1. The van der Waals surface area contributed by atoms with E-state index in [1.807, 2.05) is 6.07 Å². The van der Waals surface area contributed by atoms with Crippen LogP contribution in [0.3, 0.4) is 0 Å². The number of nitrogens with zero attached hydrogens (tertiary/aromatic N) is 2. The number of aliphatic hydroxyl groups is 2. The summed E-state index contributed by atoms with van der Waals surface area (Å²) in [5.41, 5.74) is 0.245. The molecule has 0 aromatic carbocycles. The van der Waals surface area contributed by atoms with Gasteiger partial charge in [-0.15, -0.1) is 0 Å². The van der Waals surface area contributed by atoms with Crippen molar-refractivity contribution in [2.75, 3.05) is 19.8 Å². The van der Waals surface area contributed by atoms with Crippen LogP contribution in [0.1, 0.15) is 5.69 Å². The molecule has 0 bridgehead atoms. The second-order valence-corrected chi connectivity index (χ2v) is 4.59. The molecule has 0 unspecified atom stereocenters. The number of aliphatic hydroxyl groups excluding tert-OH is 2. The van der Waals surface area contributed by atoms with Gasteiger partial charge in [0.15, 0.2) is 0 Å². The summed E-state index contributed by atoms with van der Waals surface area (Å²) in [6.45, 7) is -0.271. The van der Waals surface area contributed by atoms with Gasteiger partial charge >= 0.3 is 0 Å². The third-order valence-electron chi connectivity index (χ3n) is 2.57. The van der Waals surface area contributed by atoms with Crippen molar-refractivity contribution in [1.82, 2.24) is 4.98 Å². The fourth-order valence-electron chi connectivity index (χ4n) is 1.51. The highest BCUT2D eigenvalue weighted by Crippen LogP contribution is 2.28. The first kappa shape index (κ1) is 11.5. The zero-order chi connectivity index (χ0) is 11.6. The summed E-state index contributed by atoms with van der Waals surface area (Å²) in [5, 5.41) is 22.5. The molecule has 0 saturated carbocycles. The molecule has 0 amide bonds. The molecule has 5 nitrogen and oxygen atoms in total. The van der Waals surface area contributed by atoms with E-state index in [1.54, 1.807) is 12.3 Å². The number of rotatable bonds is 3. The largest absolute Gasteiger partial charge is 0.395 e. The topological polar surface area (TPSA) is 74.9 Å². The maximum atomic E-state index is 9.34. The van der Waals surface area contributed by atoms with Gasteiger partial charge in [0.2, 0.25) is 0 Å². The molecule has 1 aromatic rings. The number of hydrogen-bond donors (Lipinski definition) is 2. The molecular weight excluding hydrogens is 276 g/mol. The van der Waals surface area contributed by atoms with Crippen molar-refractivity contribution >= 4 is 21.6 Å². The predicted molar refractivity (Wildman–Crippen MR) is 61.0 cm³/mol. The fourth-order valence-corrected chi connectivity index (χ4v) is 1.75. The molecule has 0 aliphatic carbocycles. The Kier molecular flexibility index (Phi) is 3.22. The van der Waals surface area contributed by atoms with Gasteiger partial charge in [0.1, 0.15) is 17.7 Å². The molecule has 1 aliphatic heterocycles. The van der Waals surface area contributed by atoms with Gasteiger partial charge in [-0.1, -0.05) is 5.16 Å².